The Hall–Kier alpha value is -2.27. The van der Waals surface area contributed by atoms with Crippen LogP contribution in [-0.4, -0.2) is 15.9 Å². The highest BCUT2D eigenvalue weighted by atomic mass is 32.1. The Morgan fingerprint density at radius 3 is 2.83 bits per heavy atom. The second-order valence-corrected chi connectivity index (χ2v) is 7.31. The maximum atomic E-state index is 12.8. The van der Waals surface area contributed by atoms with E-state index >= 15 is 0 Å². The Morgan fingerprint density at radius 1 is 1.12 bits per heavy atom. The van der Waals surface area contributed by atoms with Crippen molar-refractivity contribution in [3.05, 3.63) is 53.8 Å². The lowest BCUT2D eigenvalue weighted by Gasteiger charge is -2.29. The molecule has 5 heteroatoms. The molecule has 0 bridgehead atoms. The van der Waals surface area contributed by atoms with Crippen molar-refractivity contribution in [2.75, 3.05) is 5.32 Å². The van der Waals surface area contributed by atoms with Gasteiger partial charge < -0.3 is 5.32 Å². The molecule has 0 spiro atoms. The molecule has 1 aliphatic rings. The number of aromatic nitrogens is 2. The Labute approximate surface area is 145 Å². The van der Waals surface area contributed by atoms with Crippen molar-refractivity contribution >= 4 is 33.1 Å². The molecule has 1 fully saturated rings. The average molecular weight is 337 g/mol. The third-order valence-corrected chi connectivity index (χ3v) is 5.83. The molecule has 1 N–H and O–H groups in total. The Balaban J connectivity index is 1.59. The van der Waals surface area contributed by atoms with Gasteiger partial charge in [0.1, 0.15) is 0 Å². The van der Waals surface area contributed by atoms with Gasteiger partial charge in [-0.25, -0.2) is 4.98 Å². The summed E-state index contributed by atoms with van der Waals surface area (Å²) in [6.07, 6.45) is 7.62. The molecule has 0 radical (unpaired) electrons. The highest BCUT2D eigenvalue weighted by Crippen LogP contribution is 2.41. The van der Waals surface area contributed by atoms with Gasteiger partial charge in [-0.1, -0.05) is 25.0 Å². The maximum absolute atomic E-state index is 12.8. The number of thiazole rings is 1. The van der Waals surface area contributed by atoms with Crippen molar-refractivity contribution in [3.63, 3.8) is 0 Å². The van der Waals surface area contributed by atoms with Crippen LogP contribution in [0.4, 0.5) is 5.69 Å². The van der Waals surface area contributed by atoms with Crippen LogP contribution in [0.25, 0.3) is 10.2 Å². The molecular formula is C19H19N3OS. The summed E-state index contributed by atoms with van der Waals surface area (Å²) in [7, 11) is 0. The zero-order valence-corrected chi connectivity index (χ0v) is 14.1. The van der Waals surface area contributed by atoms with Gasteiger partial charge in [0.15, 0.2) is 0 Å². The first-order chi connectivity index (χ1) is 11.8. The molecule has 2 heterocycles. The van der Waals surface area contributed by atoms with Gasteiger partial charge in [0.25, 0.3) is 0 Å². The summed E-state index contributed by atoms with van der Waals surface area (Å²) < 4.78 is 1.20. The van der Waals surface area contributed by atoms with Gasteiger partial charge in [-0.05, 0) is 37.1 Å². The summed E-state index contributed by atoms with van der Waals surface area (Å²) >= 11 is 1.73. The lowest BCUT2D eigenvalue weighted by Crippen LogP contribution is -2.30. The van der Waals surface area contributed by atoms with E-state index in [1.54, 1.807) is 23.7 Å². The molecule has 1 amide bonds. The number of carbonyl (C=O) groups excluding carboxylic acids is 1. The predicted molar refractivity (Wildman–Crippen MR) is 97.2 cm³/mol. The molecule has 2 aromatic heterocycles. The zero-order valence-electron chi connectivity index (χ0n) is 13.3. The average Bonchev–Trinajstić information content (AvgIpc) is 3.06. The number of hydrogen-bond acceptors (Lipinski definition) is 4. The third-order valence-electron chi connectivity index (χ3n) is 4.66. The molecule has 4 rings (SSSR count). The SMILES string of the molecule is O=C(Nc1cccnc1)[C@@H]1CCCC[C@H]1c1nc2ccccc2s1. The molecule has 0 unspecified atom stereocenters. The quantitative estimate of drug-likeness (QED) is 0.759. The van der Waals surface area contributed by atoms with Crippen molar-refractivity contribution < 1.29 is 4.79 Å². The van der Waals surface area contributed by atoms with Gasteiger partial charge in [0.2, 0.25) is 5.91 Å². The van der Waals surface area contributed by atoms with E-state index in [4.69, 9.17) is 4.98 Å². The number of nitrogens with zero attached hydrogens (tertiary/aromatic N) is 2. The monoisotopic (exact) mass is 337 g/mol. The second-order valence-electron chi connectivity index (χ2n) is 6.25. The van der Waals surface area contributed by atoms with Crippen LogP contribution in [0.1, 0.15) is 36.6 Å². The van der Waals surface area contributed by atoms with E-state index in [0.29, 0.717) is 0 Å². The number of pyridine rings is 1. The van der Waals surface area contributed by atoms with Crippen LogP contribution >= 0.6 is 11.3 Å². The van der Waals surface area contributed by atoms with Crippen LogP contribution in [0.2, 0.25) is 0 Å². The number of hydrogen-bond donors (Lipinski definition) is 1. The lowest BCUT2D eigenvalue weighted by atomic mass is 9.79. The molecule has 122 valence electrons. The van der Waals surface area contributed by atoms with Gasteiger partial charge in [-0.15, -0.1) is 11.3 Å². The predicted octanol–water partition coefficient (Wildman–Crippen LogP) is 4.60. The summed E-state index contributed by atoms with van der Waals surface area (Å²) in [5, 5.41) is 4.12. The van der Waals surface area contributed by atoms with E-state index in [-0.39, 0.29) is 17.7 Å². The van der Waals surface area contributed by atoms with E-state index in [2.05, 4.69) is 16.4 Å². The van der Waals surface area contributed by atoms with E-state index in [0.717, 1.165) is 41.9 Å². The molecule has 4 nitrogen and oxygen atoms in total. The van der Waals surface area contributed by atoms with Crippen molar-refractivity contribution in [1.29, 1.82) is 0 Å². The minimum Gasteiger partial charge on any atom is -0.324 e. The largest absolute Gasteiger partial charge is 0.324 e. The topological polar surface area (TPSA) is 54.9 Å². The summed E-state index contributed by atoms with van der Waals surface area (Å²) in [5.74, 6) is 0.291. The second kappa shape index (κ2) is 6.69. The first-order valence-corrected chi connectivity index (χ1v) is 9.19. The zero-order chi connectivity index (χ0) is 16.4. The van der Waals surface area contributed by atoms with E-state index in [1.807, 2.05) is 30.3 Å². The first kappa shape index (κ1) is 15.3. The number of fused-ring (bicyclic) bond motifs is 1. The van der Waals surface area contributed by atoms with E-state index < -0.39 is 0 Å². The fourth-order valence-corrected chi connectivity index (χ4v) is 4.63. The fraction of sp³-hybridized carbons (Fsp3) is 0.316. The first-order valence-electron chi connectivity index (χ1n) is 8.37. The van der Waals surface area contributed by atoms with Gasteiger partial charge in [0.05, 0.1) is 27.1 Å². The lowest BCUT2D eigenvalue weighted by molar-refractivity contribution is -0.121. The Bertz CT molecular complexity index is 813. The number of carbonyl (C=O) groups is 1. The Kier molecular flexibility index (Phi) is 4.26. The Morgan fingerprint density at radius 2 is 2.00 bits per heavy atom. The van der Waals surface area contributed by atoms with Crippen molar-refractivity contribution in [3.8, 4) is 0 Å². The van der Waals surface area contributed by atoms with Crippen molar-refractivity contribution in [2.24, 2.45) is 5.92 Å². The standard InChI is InChI=1S/C19H19N3OS/c23-18(21-13-6-5-11-20-12-13)14-7-1-2-8-15(14)19-22-16-9-3-4-10-17(16)24-19/h3-6,9-12,14-15H,1-2,7-8H2,(H,21,23)/t14-,15-/m1/s1. The van der Waals surface area contributed by atoms with Crippen LogP contribution in [-0.2, 0) is 4.79 Å². The van der Waals surface area contributed by atoms with Crippen LogP contribution < -0.4 is 5.32 Å². The molecular weight excluding hydrogens is 318 g/mol. The number of para-hydroxylation sites is 1. The van der Waals surface area contributed by atoms with Gasteiger partial charge >= 0.3 is 0 Å². The van der Waals surface area contributed by atoms with Crippen molar-refractivity contribution in [1.82, 2.24) is 9.97 Å². The summed E-state index contributed by atoms with van der Waals surface area (Å²) in [6.45, 7) is 0. The molecule has 1 aliphatic carbocycles. The normalized spacial score (nSPS) is 20.8. The number of benzene rings is 1. The van der Waals surface area contributed by atoms with Crippen LogP contribution in [0.3, 0.4) is 0 Å². The smallest absolute Gasteiger partial charge is 0.228 e. The molecule has 3 aromatic rings. The summed E-state index contributed by atoms with van der Waals surface area (Å²) in [6, 6.07) is 11.9. The summed E-state index contributed by atoms with van der Waals surface area (Å²) in [4.78, 5) is 21.7. The number of nitrogens with one attached hydrogen (secondary N) is 1. The van der Waals surface area contributed by atoms with Gasteiger partial charge in [-0.3, -0.25) is 9.78 Å². The molecule has 0 saturated heterocycles. The van der Waals surface area contributed by atoms with E-state index in [9.17, 15) is 4.79 Å². The number of amides is 1. The summed E-state index contributed by atoms with van der Waals surface area (Å²) in [5.41, 5.74) is 1.80. The molecule has 1 aromatic carbocycles. The molecule has 2 atom stereocenters. The van der Waals surface area contributed by atoms with E-state index in [1.165, 1.54) is 4.70 Å². The number of rotatable bonds is 3. The fourth-order valence-electron chi connectivity index (χ4n) is 3.46. The van der Waals surface area contributed by atoms with Gasteiger partial charge in [-0.2, -0.15) is 0 Å². The third kappa shape index (κ3) is 3.04. The highest BCUT2D eigenvalue weighted by Gasteiger charge is 2.34. The van der Waals surface area contributed by atoms with Crippen LogP contribution in [0.5, 0.6) is 0 Å². The van der Waals surface area contributed by atoms with Gasteiger partial charge in [0, 0.05) is 18.0 Å². The highest BCUT2D eigenvalue weighted by molar-refractivity contribution is 7.18. The maximum Gasteiger partial charge on any atom is 0.228 e. The number of anilines is 1. The van der Waals surface area contributed by atoms with Crippen molar-refractivity contribution in [2.45, 2.75) is 31.6 Å². The minimum atomic E-state index is -0.0143. The molecule has 0 aliphatic heterocycles. The minimum absolute atomic E-state index is 0.0143. The molecule has 1 saturated carbocycles. The molecule has 24 heavy (non-hydrogen) atoms. The van der Waals surface area contributed by atoms with Crippen LogP contribution in [0.15, 0.2) is 48.8 Å². The van der Waals surface area contributed by atoms with Crippen LogP contribution in [0, 0.1) is 5.92 Å².